The van der Waals surface area contributed by atoms with Crippen molar-refractivity contribution >= 4 is 12.0 Å². The number of halogens is 6. The average molecular weight is 525 g/mol. The number of likely N-dealkylation sites (tertiary alicyclic amines) is 1. The molecule has 3 N–H and O–H groups in total. The Bertz CT molecular complexity index is 1300. The van der Waals surface area contributed by atoms with E-state index in [0.717, 1.165) is 30.7 Å². The van der Waals surface area contributed by atoms with Gasteiger partial charge in [0.25, 0.3) is 0 Å². The van der Waals surface area contributed by atoms with Gasteiger partial charge in [-0.05, 0) is 48.7 Å². The average Bonchev–Trinajstić information content (AvgIpc) is 3.51. The van der Waals surface area contributed by atoms with Crippen LogP contribution in [0.2, 0.25) is 0 Å². The van der Waals surface area contributed by atoms with Crippen molar-refractivity contribution in [3.05, 3.63) is 71.1 Å². The Morgan fingerprint density at radius 3 is 2.54 bits per heavy atom. The van der Waals surface area contributed by atoms with Crippen LogP contribution in [-0.2, 0) is 12.4 Å². The Kier molecular flexibility index (Phi) is 7.14. The summed E-state index contributed by atoms with van der Waals surface area (Å²) in [4.78, 5) is 5.77. The van der Waals surface area contributed by atoms with Gasteiger partial charge in [-0.15, -0.1) is 0 Å². The van der Waals surface area contributed by atoms with Gasteiger partial charge in [-0.1, -0.05) is 29.4 Å². The van der Waals surface area contributed by atoms with Crippen molar-refractivity contribution in [1.29, 1.82) is 5.41 Å². The molecule has 0 aliphatic carbocycles. The van der Waals surface area contributed by atoms with E-state index in [9.17, 15) is 26.3 Å². The third-order valence-electron chi connectivity index (χ3n) is 5.73. The fraction of sp³-hybridized carbons (Fsp3) is 0.292. The molecule has 1 aliphatic rings. The van der Waals surface area contributed by atoms with Crippen LogP contribution in [0.4, 0.5) is 26.3 Å². The molecule has 7 nitrogen and oxygen atoms in total. The van der Waals surface area contributed by atoms with E-state index in [0.29, 0.717) is 13.0 Å². The van der Waals surface area contributed by atoms with Crippen LogP contribution >= 0.6 is 0 Å². The number of nitrogens with zero attached hydrogens (tertiary/aromatic N) is 3. The number of benzene rings is 2. The Labute approximate surface area is 207 Å². The normalized spacial score (nSPS) is 16.5. The fourth-order valence-corrected chi connectivity index (χ4v) is 4.03. The summed E-state index contributed by atoms with van der Waals surface area (Å²) in [6.45, 7) is 0.127. The van der Waals surface area contributed by atoms with Crippen LogP contribution < -0.4 is 10.5 Å². The molecule has 2 heterocycles. The molecule has 1 fully saturated rings. The highest BCUT2D eigenvalue weighted by Gasteiger charge is 2.36. The molecule has 1 unspecified atom stereocenters. The lowest BCUT2D eigenvalue weighted by Crippen LogP contribution is -2.35. The molecule has 0 saturated carbocycles. The van der Waals surface area contributed by atoms with Gasteiger partial charge in [0, 0.05) is 12.1 Å². The molecule has 1 aromatic heterocycles. The predicted molar refractivity (Wildman–Crippen MR) is 121 cm³/mol. The predicted octanol–water partition coefficient (Wildman–Crippen LogP) is 5.90. The summed E-state index contributed by atoms with van der Waals surface area (Å²) < 4.78 is 91.1. The van der Waals surface area contributed by atoms with Gasteiger partial charge in [0.1, 0.15) is 18.4 Å². The van der Waals surface area contributed by atoms with Crippen molar-refractivity contribution in [1.82, 2.24) is 15.0 Å². The molecule has 196 valence electrons. The third kappa shape index (κ3) is 5.87. The van der Waals surface area contributed by atoms with Crippen LogP contribution in [0.1, 0.15) is 41.5 Å². The summed E-state index contributed by atoms with van der Waals surface area (Å²) in [6, 6.07) is 7.60. The zero-order chi connectivity index (χ0) is 26.8. The maximum Gasteiger partial charge on any atom is 0.419 e. The van der Waals surface area contributed by atoms with Gasteiger partial charge < -0.3 is 19.9 Å². The van der Waals surface area contributed by atoms with E-state index in [1.807, 2.05) is 0 Å². The standard InChI is InChI=1S/C24H21F6N5O2/c25-23(26,27)16-7-2-1-5-14(16)6-4-12-36-19-10-9-15(13-17(19)24(28,29)30)20-33-21(37-34-20)18-8-3-11-35(18)22(31)32/h1-2,4-7,9-10,13,18H,3,8,11-12H2,(H3,31,32). The first-order valence-electron chi connectivity index (χ1n) is 11.1. The lowest BCUT2D eigenvalue weighted by Gasteiger charge is -2.21. The molecule has 0 radical (unpaired) electrons. The van der Waals surface area contributed by atoms with Gasteiger partial charge in [-0.2, -0.15) is 31.3 Å². The second-order valence-corrected chi connectivity index (χ2v) is 8.20. The summed E-state index contributed by atoms with van der Waals surface area (Å²) >= 11 is 0. The number of guanidine groups is 1. The molecule has 1 saturated heterocycles. The van der Waals surface area contributed by atoms with Crippen LogP contribution in [0, 0.1) is 5.41 Å². The molecule has 0 bridgehead atoms. The number of hydrogen-bond donors (Lipinski definition) is 2. The molecular formula is C24H21F6N5O2. The topological polar surface area (TPSA) is 101 Å². The second-order valence-electron chi connectivity index (χ2n) is 8.20. The van der Waals surface area contributed by atoms with Gasteiger partial charge in [0.05, 0.1) is 11.1 Å². The molecule has 1 aliphatic heterocycles. The first-order chi connectivity index (χ1) is 17.4. The van der Waals surface area contributed by atoms with E-state index in [1.54, 1.807) is 4.90 Å². The minimum absolute atomic E-state index is 0.0247. The number of hydrogen-bond acceptors (Lipinski definition) is 5. The van der Waals surface area contributed by atoms with Gasteiger partial charge in [-0.3, -0.25) is 5.41 Å². The molecule has 1 atom stereocenters. The molecule has 3 aromatic rings. The SMILES string of the molecule is N=C(N)N1CCCC1c1nc(-c2ccc(OCC=Cc3ccccc3C(F)(F)F)c(C(F)(F)F)c2)no1. The van der Waals surface area contributed by atoms with Crippen molar-refractivity contribution in [2.45, 2.75) is 31.2 Å². The number of ether oxygens (including phenoxy) is 1. The Morgan fingerprint density at radius 2 is 1.84 bits per heavy atom. The Morgan fingerprint density at radius 1 is 1.11 bits per heavy atom. The van der Waals surface area contributed by atoms with Gasteiger partial charge >= 0.3 is 12.4 Å². The van der Waals surface area contributed by atoms with Crippen LogP contribution in [0.15, 0.2) is 53.1 Å². The van der Waals surface area contributed by atoms with Gasteiger partial charge in [0.2, 0.25) is 11.7 Å². The minimum Gasteiger partial charge on any atom is -0.489 e. The molecule has 37 heavy (non-hydrogen) atoms. The first kappa shape index (κ1) is 26.0. The molecular weight excluding hydrogens is 504 g/mol. The number of nitrogens with two attached hydrogens (primary N) is 1. The zero-order valence-electron chi connectivity index (χ0n) is 19.1. The highest BCUT2D eigenvalue weighted by atomic mass is 19.4. The van der Waals surface area contributed by atoms with E-state index in [2.05, 4.69) is 10.1 Å². The maximum absolute atomic E-state index is 13.8. The summed E-state index contributed by atoms with van der Waals surface area (Å²) in [5.74, 6) is -0.613. The zero-order valence-corrected chi connectivity index (χ0v) is 19.1. The molecule has 13 heteroatoms. The monoisotopic (exact) mass is 525 g/mol. The fourth-order valence-electron chi connectivity index (χ4n) is 4.03. The quantitative estimate of drug-likeness (QED) is 0.236. The summed E-state index contributed by atoms with van der Waals surface area (Å²) in [6.07, 6.45) is -5.68. The van der Waals surface area contributed by atoms with E-state index < -0.39 is 41.9 Å². The molecule has 0 spiro atoms. The lowest BCUT2D eigenvalue weighted by atomic mass is 10.1. The smallest absolute Gasteiger partial charge is 0.419 e. The molecule has 4 rings (SSSR count). The van der Waals surface area contributed by atoms with Crippen molar-refractivity contribution in [3.63, 3.8) is 0 Å². The summed E-state index contributed by atoms with van der Waals surface area (Å²) in [5.41, 5.74) is 3.48. The van der Waals surface area contributed by atoms with E-state index in [-0.39, 0.29) is 28.8 Å². The third-order valence-corrected chi connectivity index (χ3v) is 5.73. The van der Waals surface area contributed by atoms with Crippen LogP contribution in [0.3, 0.4) is 0 Å². The lowest BCUT2D eigenvalue weighted by molar-refractivity contribution is -0.139. The van der Waals surface area contributed by atoms with E-state index >= 15 is 0 Å². The van der Waals surface area contributed by atoms with E-state index in [4.69, 9.17) is 20.4 Å². The Hall–Kier alpha value is -4.03. The van der Waals surface area contributed by atoms with E-state index in [1.165, 1.54) is 30.3 Å². The van der Waals surface area contributed by atoms with Crippen molar-refractivity contribution in [2.24, 2.45) is 5.73 Å². The van der Waals surface area contributed by atoms with Crippen molar-refractivity contribution in [3.8, 4) is 17.1 Å². The highest BCUT2D eigenvalue weighted by molar-refractivity contribution is 5.75. The first-order valence-corrected chi connectivity index (χ1v) is 11.1. The Balaban J connectivity index is 1.52. The number of rotatable bonds is 6. The number of aromatic nitrogens is 2. The maximum atomic E-state index is 13.8. The molecule has 0 amide bonds. The van der Waals surface area contributed by atoms with Crippen LogP contribution in [0.25, 0.3) is 17.5 Å². The van der Waals surface area contributed by atoms with Crippen molar-refractivity contribution < 1.29 is 35.6 Å². The summed E-state index contributed by atoms with van der Waals surface area (Å²) in [7, 11) is 0. The number of alkyl halides is 6. The second kappa shape index (κ2) is 10.1. The van der Waals surface area contributed by atoms with Crippen molar-refractivity contribution in [2.75, 3.05) is 13.2 Å². The largest absolute Gasteiger partial charge is 0.489 e. The minimum atomic E-state index is -4.79. The molecule has 2 aromatic carbocycles. The van der Waals surface area contributed by atoms with Crippen LogP contribution in [0.5, 0.6) is 5.75 Å². The number of nitrogens with one attached hydrogen (secondary N) is 1. The summed E-state index contributed by atoms with van der Waals surface area (Å²) in [5, 5.41) is 11.4. The highest BCUT2D eigenvalue weighted by Crippen LogP contribution is 2.39. The van der Waals surface area contributed by atoms with Crippen LogP contribution in [-0.4, -0.2) is 34.2 Å². The van der Waals surface area contributed by atoms with Gasteiger partial charge in [-0.25, -0.2) is 0 Å². The van der Waals surface area contributed by atoms with Gasteiger partial charge in [0.15, 0.2) is 5.96 Å².